The number of benzene rings is 2. The number of nitrogens with one attached hydrogen (secondary N) is 2. The number of aryl methyl sites for hydroxylation is 2. The van der Waals surface area contributed by atoms with Crippen LogP contribution < -0.4 is 21.3 Å². The van der Waals surface area contributed by atoms with E-state index in [0.717, 1.165) is 53.8 Å². The van der Waals surface area contributed by atoms with Crippen LogP contribution in [0.15, 0.2) is 53.6 Å². The van der Waals surface area contributed by atoms with Gasteiger partial charge in [-0.05, 0) is 49.2 Å². The van der Waals surface area contributed by atoms with E-state index in [-0.39, 0.29) is 6.17 Å². The van der Waals surface area contributed by atoms with Crippen LogP contribution in [0.5, 0.6) is 0 Å². The van der Waals surface area contributed by atoms with Gasteiger partial charge in [-0.3, -0.25) is 10.2 Å². The number of rotatable bonds is 5. The highest BCUT2D eigenvalue weighted by Gasteiger charge is 2.23. The Morgan fingerprint density at radius 3 is 2.33 bits per heavy atom. The Balaban J connectivity index is 1.56. The standard InChI is InChI=1S/C20H24N6O/c1-24-17-6-3-4-7-18(17)25(2)20(24)23-22-15-9-11-16(12-10-15)26-13-5-8-19(26)21-14-27/h3-4,6-7,9-12,14,19,22H,5,8,13H2,1-2H3,(H,21,27). The lowest BCUT2D eigenvalue weighted by Crippen LogP contribution is -2.40. The molecule has 1 aliphatic rings. The minimum atomic E-state index is 0.0841. The van der Waals surface area contributed by atoms with Crippen molar-refractivity contribution in [3.05, 3.63) is 54.1 Å². The van der Waals surface area contributed by atoms with Crippen molar-refractivity contribution in [2.24, 2.45) is 19.2 Å². The predicted octanol–water partition coefficient (Wildman–Crippen LogP) is 2.12. The van der Waals surface area contributed by atoms with Gasteiger partial charge in [-0.15, -0.1) is 5.10 Å². The first-order valence-electron chi connectivity index (χ1n) is 9.15. The third-order valence-corrected chi connectivity index (χ3v) is 5.20. The zero-order valence-electron chi connectivity index (χ0n) is 15.6. The molecule has 2 heterocycles. The first kappa shape index (κ1) is 17.2. The van der Waals surface area contributed by atoms with Crippen molar-refractivity contribution in [2.45, 2.75) is 19.0 Å². The average Bonchev–Trinajstić information content (AvgIpc) is 3.25. The number of fused-ring (bicyclic) bond motifs is 1. The fourth-order valence-corrected chi connectivity index (χ4v) is 3.79. The van der Waals surface area contributed by atoms with Crippen LogP contribution in [0.1, 0.15) is 12.8 Å². The summed E-state index contributed by atoms with van der Waals surface area (Å²) < 4.78 is 4.13. The number of hydrogen-bond donors (Lipinski definition) is 2. The molecule has 0 saturated carbocycles. The van der Waals surface area contributed by atoms with Crippen LogP contribution in [0.25, 0.3) is 11.0 Å². The van der Waals surface area contributed by atoms with E-state index >= 15 is 0 Å². The molecular weight excluding hydrogens is 340 g/mol. The predicted molar refractivity (Wildman–Crippen MR) is 107 cm³/mol. The molecule has 1 amide bonds. The number of para-hydroxylation sites is 2. The molecule has 1 unspecified atom stereocenters. The second-order valence-electron chi connectivity index (χ2n) is 6.81. The molecule has 0 radical (unpaired) electrons. The van der Waals surface area contributed by atoms with E-state index in [9.17, 15) is 4.79 Å². The summed E-state index contributed by atoms with van der Waals surface area (Å²) in [6, 6.07) is 16.4. The van der Waals surface area contributed by atoms with Crippen LogP contribution in [0, 0.1) is 0 Å². The summed E-state index contributed by atoms with van der Waals surface area (Å²) in [5.74, 6) is 0. The van der Waals surface area contributed by atoms with Gasteiger partial charge in [0, 0.05) is 26.3 Å². The molecule has 140 valence electrons. The van der Waals surface area contributed by atoms with Gasteiger partial charge in [0.05, 0.1) is 16.7 Å². The first-order valence-corrected chi connectivity index (χ1v) is 9.15. The minimum Gasteiger partial charge on any atom is -0.351 e. The smallest absolute Gasteiger partial charge is 0.227 e. The summed E-state index contributed by atoms with van der Waals surface area (Å²) in [6.45, 7) is 0.953. The Morgan fingerprint density at radius 2 is 1.70 bits per heavy atom. The molecule has 0 bridgehead atoms. The number of amides is 1. The van der Waals surface area contributed by atoms with Crippen LogP contribution in [-0.4, -0.2) is 28.3 Å². The number of hydrogen-bond acceptors (Lipinski definition) is 4. The number of nitrogens with zero attached hydrogens (tertiary/aromatic N) is 4. The highest BCUT2D eigenvalue weighted by Crippen LogP contribution is 2.25. The van der Waals surface area contributed by atoms with Crippen LogP contribution in [-0.2, 0) is 18.9 Å². The van der Waals surface area contributed by atoms with Gasteiger partial charge in [-0.25, -0.2) is 0 Å². The van der Waals surface area contributed by atoms with Gasteiger partial charge in [0.1, 0.15) is 6.17 Å². The lowest BCUT2D eigenvalue weighted by molar-refractivity contribution is -0.110. The lowest BCUT2D eigenvalue weighted by atomic mass is 10.2. The number of imidazole rings is 1. The van der Waals surface area contributed by atoms with Gasteiger partial charge < -0.3 is 19.4 Å². The zero-order valence-corrected chi connectivity index (χ0v) is 15.6. The Labute approximate surface area is 157 Å². The maximum Gasteiger partial charge on any atom is 0.227 e. The molecule has 1 fully saturated rings. The number of anilines is 2. The van der Waals surface area contributed by atoms with Crippen molar-refractivity contribution in [1.29, 1.82) is 0 Å². The van der Waals surface area contributed by atoms with Crippen LogP contribution in [0.2, 0.25) is 0 Å². The molecule has 1 saturated heterocycles. The molecule has 27 heavy (non-hydrogen) atoms. The van der Waals surface area contributed by atoms with E-state index in [0.29, 0.717) is 0 Å². The molecule has 2 aromatic carbocycles. The second kappa shape index (κ2) is 7.19. The van der Waals surface area contributed by atoms with E-state index in [4.69, 9.17) is 0 Å². The largest absolute Gasteiger partial charge is 0.351 e. The first-order chi connectivity index (χ1) is 13.2. The second-order valence-corrected chi connectivity index (χ2v) is 6.81. The highest BCUT2D eigenvalue weighted by molar-refractivity contribution is 5.75. The SMILES string of the molecule is Cn1c(=NNc2ccc(N3CCCC3NC=O)cc2)n(C)c2ccccc21. The molecule has 1 aromatic heterocycles. The fraction of sp³-hybridized carbons (Fsp3) is 0.300. The van der Waals surface area contributed by atoms with E-state index in [1.54, 1.807) is 0 Å². The summed E-state index contributed by atoms with van der Waals surface area (Å²) in [6.07, 6.45) is 2.92. The topological polar surface area (TPSA) is 66.6 Å². The van der Waals surface area contributed by atoms with Crippen molar-refractivity contribution in [2.75, 3.05) is 16.9 Å². The summed E-state index contributed by atoms with van der Waals surface area (Å²) in [4.78, 5) is 13.0. The molecule has 2 N–H and O–H groups in total. The number of aromatic nitrogens is 2. The van der Waals surface area contributed by atoms with Gasteiger partial charge in [0.15, 0.2) is 0 Å². The van der Waals surface area contributed by atoms with Crippen molar-refractivity contribution < 1.29 is 4.79 Å². The van der Waals surface area contributed by atoms with Gasteiger partial charge in [-0.1, -0.05) is 12.1 Å². The van der Waals surface area contributed by atoms with Crippen molar-refractivity contribution in [1.82, 2.24) is 14.5 Å². The molecule has 7 heteroatoms. The van der Waals surface area contributed by atoms with E-state index < -0.39 is 0 Å². The summed E-state index contributed by atoms with van der Waals surface area (Å²) in [5, 5.41) is 7.47. The average molecular weight is 364 g/mol. The van der Waals surface area contributed by atoms with Crippen LogP contribution in [0.4, 0.5) is 11.4 Å². The Morgan fingerprint density at radius 1 is 1.04 bits per heavy atom. The Bertz CT molecular complexity index is 975. The monoisotopic (exact) mass is 364 g/mol. The van der Waals surface area contributed by atoms with Crippen LogP contribution >= 0.6 is 0 Å². The Hall–Kier alpha value is -3.22. The molecule has 7 nitrogen and oxygen atoms in total. The van der Waals surface area contributed by atoms with Crippen molar-refractivity contribution >= 4 is 28.8 Å². The van der Waals surface area contributed by atoms with E-state index in [2.05, 4.69) is 54.1 Å². The molecule has 3 aromatic rings. The van der Waals surface area contributed by atoms with Gasteiger partial charge in [-0.2, -0.15) is 0 Å². The molecule has 0 spiro atoms. The molecule has 1 aliphatic heterocycles. The van der Waals surface area contributed by atoms with Gasteiger partial charge in [0.25, 0.3) is 0 Å². The van der Waals surface area contributed by atoms with E-state index in [1.165, 1.54) is 0 Å². The maximum absolute atomic E-state index is 10.8. The molecule has 0 aliphatic carbocycles. The maximum atomic E-state index is 10.8. The number of carbonyl (C=O) groups excluding carboxylic acids is 1. The van der Waals surface area contributed by atoms with Crippen LogP contribution in [0.3, 0.4) is 0 Å². The Kier molecular flexibility index (Phi) is 4.58. The molecule has 1 atom stereocenters. The van der Waals surface area contributed by atoms with Gasteiger partial charge in [0.2, 0.25) is 12.0 Å². The normalized spacial score (nSPS) is 16.5. The summed E-state index contributed by atoms with van der Waals surface area (Å²) in [5.41, 5.74) is 8.29. The van der Waals surface area contributed by atoms with Crippen molar-refractivity contribution in [3.63, 3.8) is 0 Å². The summed E-state index contributed by atoms with van der Waals surface area (Å²) in [7, 11) is 4.03. The zero-order chi connectivity index (χ0) is 18.8. The highest BCUT2D eigenvalue weighted by atomic mass is 16.1. The fourth-order valence-electron chi connectivity index (χ4n) is 3.79. The third kappa shape index (κ3) is 3.16. The van der Waals surface area contributed by atoms with Crippen molar-refractivity contribution in [3.8, 4) is 0 Å². The third-order valence-electron chi connectivity index (χ3n) is 5.20. The van der Waals surface area contributed by atoms with Gasteiger partial charge >= 0.3 is 0 Å². The summed E-state index contributed by atoms with van der Waals surface area (Å²) >= 11 is 0. The number of carbonyl (C=O) groups is 1. The quantitative estimate of drug-likeness (QED) is 0.538. The lowest BCUT2D eigenvalue weighted by Gasteiger charge is -2.26. The van der Waals surface area contributed by atoms with E-state index in [1.807, 2.05) is 38.4 Å². The molecule has 4 rings (SSSR count). The minimum absolute atomic E-state index is 0.0841. The molecular formula is C20H24N6O.